The minimum Gasteiger partial charge on any atom is -0.393 e. The first-order chi connectivity index (χ1) is 10.5. The summed E-state index contributed by atoms with van der Waals surface area (Å²) in [5.41, 5.74) is 0. The van der Waals surface area contributed by atoms with Crippen molar-refractivity contribution in [3.8, 4) is 0 Å². The zero-order chi connectivity index (χ0) is 16.4. The summed E-state index contributed by atoms with van der Waals surface area (Å²) >= 11 is 0. The molecule has 1 unspecified atom stereocenters. The molecule has 1 aliphatic rings. The lowest BCUT2D eigenvalue weighted by molar-refractivity contribution is 0.0821. The van der Waals surface area contributed by atoms with E-state index in [0.29, 0.717) is 0 Å². The highest BCUT2D eigenvalue weighted by atomic mass is 16.3. The summed E-state index contributed by atoms with van der Waals surface area (Å²) in [7, 11) is 0. The molecule has 0 radical (unpaired) electrons. The smallest absolute Gasteiger partial charge is 0.0564 e. The van der Waals surface area contributed by atoms with Crippen molar-refractivity contribution in [2.24, 2.45) is 17.8 Å². The highest BCUT2D eigenvalue weighted by Crippen LogP contribution is 2.19. The van der Waals surface area contributed by atoms with Gasteiger partial charge in [0.25, 0.3) is 0 Å². The second kappa shape index (κ2) is 11.4. The molecule has 22 heavy (non-hydrogen) atoms. The molecule has 0 saturated carbocycles. The fourth-order valence-corrected chi connectivity index (χ4v) is 3.42. The number of hydrogen-bond acceptors (Lipinski definition) is 3. The van der Waals surface area contributed by atoms with Crippen LogP contribution in [0.1, 0.15) is 66.2 Å². The van der Waals surface area contributed by atoms with E-state index in [1.165, 1.54) is 38.8 Å². The molecule has 132 valence electrons. The Morgan fingerprint density at radius 3 is 2.32 bits per heavy atom. The summed E-state index contributed by atoms with van der Waals surface area (Å²) in [5, 5.41) is 13.2. The molecule has 0 aromatic carbocycles. The van der Waals surface area contributed by atoms with Gasteiger partial charge >= 0.3 is 0 Å². The minimum absolute atomic E-state index is 0.0490. The number of rotatable bonds is 11. The highest BCUT2D eigenvalue weighted by Gasteiger charge is 2.16. The normalized spacial score (nSPS) is 19.2. The van der Waals surface area contributed by atoms with Gasteiger partial charge in [-0.05, 0) is 69.5 Å². The molecule has 1 aliphatic heterocycles. The van der Waals surface area contributed by atoms with Gasteiger partial charge in [0.1, 0.15) is 0 Å². The molecule has 0 aliphatic carbocycles. The van der Waals surface area contributed by atoms with Gasteiger partial charge in [0.15, 0.2) is 0 Å². The summed E-state index contributed by atoms with van der Waals surface area (Å²) in [5.74, 6) is 2.47. The Hall–Kier alpha value is -0.120. The molecule has 0 aromatic rings. The van der Waals surface area contributed by atoms with Crippen LogP contribution in [0.4, 0.5) is 0 Å². The van der Waals surface area contributed by atoms with Crippen LogP contribution in [0.5, 0.6) is 0 Å². The first-order valence-electron chi connectivity index (χ1n) is 9.58. The van der Waals surface area contributed by atoms with Crippen molar-refractivity contribution in [2.75, 3.05) is 32.7 Å². The SMILES string of the molecule is CC(C)CCC(CNCCCN1CCC(O)CC1)CC(C)C. The zero-order valence-corrected chi connectivity index (χ0v) is 15.5. The molecule has 1 fully saturated rings. The van der Waals surface area contributed by atoms with Crippen molar-refractivity contribution < 1.29 is 5.11 Å². The van der Waals surface area contributed by atoms with E-state index < -0.39 is 0 Å². The van der Waals surface area contributed by atoms with Crippen molar-refractivity contribution in [1.82, 2.24) is 10.2 Å². The molecule has 1 atom stereocenters. The van der Waals surface area contributed by atoms with Crippen molar-refractivity contribution in [3.05, 3.63) is 0 Å². The topological polar surface area (TPSA) is 35.5 Å². The Bertz CT molecular complexity index is 260. The second-order valence-corrected chi connectivity index (χ2v) is 8.10. The third-order valence-electron chi connectivity index (χ3n) is 4.78. The first-order valence-corrected chi connectivity index (χ1v) is 9.58. The molecule has 2 N–H and O–H groups in total. The van der Waals surface area contributed by atoms with Gasteiger partial charge in [-0.1, -0.05) is 34.1 Å². The predicted octanol–water partition coefficient (Wildman–Crippen LogP) is 3.52. The van der Waals surface area contributed by atoms with Gasteiger partial charge in [0, 0.05) is 13.1 Å². The van der Waals surface area contributed by atoms with E-state index in [9.17, 15) is 5.11 Å². The number of hydrogen-bond donors (Lipinski definition) is 2. The lowest BCUT2D eigenvalue weighted by atomic mass is 9.90. The molecular formula is C19H40N2O. The largest absolute Gasteiger partial charge is 0.393 e. The summed E-state index contributed by atoms with van der Waals surface area (Å²) in [6, 6.07) is 0. The summed E-state index contributed by atoms with van der Waals surface area (Å²) in [4.78, 5) is 2.50. The van der Waals surface area contributed by atoms with Crippen LogP contribution < -0.4 is 5.32 Å². The Morgan fingerprint density at radius 1 is 1.05 bits per heavy atom. The number of nitrogens with zero attached hydrogens (tertiary/aromatic N) is 1. The van der Waals surface area contributed by atoms with E-state index in [0.717, 1.165) is 50.2 Å². The maximum absolute atomic E-state index is 9.52. The summed E-state index contributed by atoms with van der Waals surface area (Å²) in [6.07, 6.45) is 7.17. The maximum atomic E-state index is 9.52. The van der Waals surface area contributed by atoms with E-state index in [1.807, 2.05) is 0 Å². The lowest BCUT2D eigenvalue weighted by Crippen LogP contribution is -2.37. The Morgan fingerprint density at radius 2 is 1.73 bits per heavy atom. The number of likely N-dealkylation sites (tertiary alicyclic amines) is 1. The quantitative estimate of drug-likeness (QED) is 0.573. The molecule has 0 aromatic heterocycles. The van der Waals surface area contributed by atoms with Crippen molar-refractivity contribution in [3.63, 3.8) is 0 Å². The molecule has 1 heterocycles. The van der Waals surface area contributed by atoms with Crippen LogP contribution in [0.15, 0.2) is 0 Å². The van der Waals surface area contributed by atoms with Crippen molar-refractivity contribution in [1.29, 1.82) is 0 Å². The second-order valence-electron chi connectivity index (χ2n) is 8.10. The van der Waals surface area contributed by atoms with Crippen molar-refractivity contribution in [2.45, 2.75) is 72.3 Å². The number of piperidine rings is 1. The van der Waals surface area contributed by atoms with E-state index in [2.05, 4.69) is 37.9 Å². The summed E-state index contributed by atoms with van der Waals surface area (Å²) < 4.78 is 0. The van der Waals surface area contributed by atoms with Crippen LogP contribution in [-0.2, 0) is 0 Å². The first kappa shape index (κ1) is 19.9. The third kappa shape index (κ3) is 9.81. The average Bonchev–Trinajstić information content (AvgIpc) is 2.45. The van der Waals surface area contributed by atoms with Crippen LogP contribution in [0, 0.1) is 17.8 Å². The Balaban J connectivity index is 2.08. The van der Waals surface area contributed by atoms with Crippen molar-refractivity contribution >= 4 is 0 Å². The molecule has 1 saturated heterocycles. The highest BCUT2D eigenvalue weighted by molar-refractivity contribution is 4.71. The van der Waals surface area contributed by atoms with Gasteiger partial charge in [-0.2, -0.15) is 0 Å². The minimum atomic E-state index is -0.0490. The molecular weight excluding hydrogens is 272 g/mol. The number of aliphatic hydroxyl groups is 1. The van der Waals surface area contributed by atoms with E-state index in [4.69, 9.17) is 0 Å². The van der Waals surface area contributed by atoms with E-state index >= 15 is 0 Å². The Labute approximate surface area is 138 Å². The van der Waals surface area contributed by atoms with E-state index in [1.54, 1.807) is 0 Å². The third-order valence-corrected chi connectivity index (χ3v) is 4.78. The fourth-order valence-electron chi connectivity index (χ4n) is 3.42. The average molecular weight is 313 g/mol. The van der Waals surface area contributed by atoms with E-state index in [-0.39, 0.29) is 6.10 Å². The van der Waals surface area contributed by atoms with Crippen LogP contribution >= 0.6 is 0 Å². The molecule has 3 heteroatoms. The van der Waals surface area contributed by atoms with Crippen LogP contribution in [0.3, 0.4) is 0 Å². The number of nitrogens with one attached hydrogen (secondary N) is 1. The van der Waals surface area contributed by atoms with Gasteiger partial charge in [0.05, 0.1) is 6.10 Å². The number of aliphatic hydroxyl groups excluding tert-OH is 1. The fraction of sp³-hybridized carbons (Fsp3) is 1.00. The zero-order valence-electron chi connectivity index (χ0n) is 15.5. The van der Waals surface area contributed by atoms with Gasteiger partial charge < -0.3 is 15.3 Å². The molecule has 3 nitrogen and oxygen atoms in total. The Kier molecular flexibility index (Phi) is 10.3. The van der Waals surface area contributed by atoms with Crippen LogP contribution in [0.2, 0.25) is 0 Å². The molecule has 0 bridgehead atoms. The van der Waals surface area contributed by atoms with Gasteiger partial charge in [0.2, 0.25) is 0 Å². The van der Waals surface area contributed by atoms with Gasteiger partial charge in [-0.15, -0.1) is 0 Å². The van der Waals surface area contributed by atoms with Crippen LogP contribution in [-0.4, -0.2) is 48.8 Å². The monoisotopic (exact) mass is 312 g/mol. The van der Waals surface area contributed by atoms with Crippen LogP contribution in [0.25, 0.3) is 0 Å². The standard InChI is InChI=1S/C19H40N2O/c1-16(2)6-7-18(14-17(3)4)15-20-10-5-11-21-12-8-19(22)9-13-21/h16-20,22H,5-15H2,1-4H3. The van der Waals surface area contributed by atoms with Gasteiger partial charge in [-0.25, -0.2) is 0 Å². The maximum Gasteiger partial charge on any atom is 0.0564 e. The van der Waals surface area contributed by atoms with Gasteiger partial charge in [-0.3, -0.25) is 0 Å². The lowest BCUT2D eigenvalue weighted by Gasteiger charge is -2.29. The molecule has 0 amide bonds. The summed E-state index contributed by atoms with van der Waals surface area (Å²) in [6.45, 7) is 15.0. The molecule has 0 spiro atoms. The predicted molar refractivity (Wildman–Crippen MR) is 96.2 cm³/mol. The molecule has 1 rings (SSSR count).